The number of ether oxygens (including phenoxy) is 1. The van der Waals surface area contributed by atoms with E-state index < -0.39 is 6.10 Å². The van der Waals surface area contributed by atoms with Gasteiger partial charge >= 0.3 is 0 Å². The van der Waals surface area contributed by atoms with E-state index in [9.17, 15) is 9.50 Å². The monoisotopic (exact) mass is 417 g/mol. The van der Waals surface area contributed by atoms with Gasteiger partial charge in [-0.2, -0.15) is 0 Å². The summed E-state index contributed by atoms with van der Waals surface area (Å²) in [6.45, 7) is 0.461. The van der Waals surface area contributed by atoms with Crippen LogP contribution in [0.2, 0.25) is 0 Å². The third kappa shape index (κ3) is 4.98. The molecule has 1 unspecified atom stereocenters. The molecule has 3 nitrogen and oxygen atoms in total. The normalized spacial score (nSPS) is 12.0. The predicted molar refractivity (Wildman–Crippen MR) is 88.2 cm³/mol. The maximum atomic E-state index is 12.7. The molecule has 2 aromatic rings. The quantitative estimate of drug-likeness (QED) is 0.738. The number of benzene rings is 2. The lowest BCUT2D eigenvalue weighted by Crippen LogP contribution is -2.26. The summed E-state index contributed by atoms with van der Waals surface area (Å²) in [5.74, 6) is 0.209. The second-order valence-electron chi connectivity index (χ2n) is 4.40. The molecule has 6 heteroatoms. The average molecular weight is 419 g/mol. The van der Waals surface area contributed by atoms with E-state index in [1.807, 2.05) is 18.2 Å². The van der Waals surface area contributed by atoms with Gasteiger partial charge in [0.15, 0.2) is 0 Å². The van der Waals surface area contributed by atoms with Crippen molar-refractivity contribution in [2.75, 3.05) is 18.5 Å². The number of hydrogen-bond donors (Lipinski definition) is 2. The first kappa shape index (κ1) is 16.3. The number of rotatable bonds is 6. The molecule has 0 aromatic heterocycles. The Morgan fingerprint density at radius 2 is 1.71 bits per heavy atom. The lowest BCUT2D eigenvalue weighted by atomic mass is 10.3. The first-order valence-corrected chi connectivity index (χ1v) is 7.89. The second kappa shape index (κ2) is 7.77. The number of halogens is 3. The van der Waals surface area contributed by atoms with Crippen LogP contribution in [-0.2, 0) is 0 Å². The summed E-state index contributed by atoms with van der Waals surface area (Å²) >= 11 is 6.88. The summed E-state index contributed by atoms with van der Waals surface area (Å²) < 4.78 is 19.9. The summed E-state index contributed by atoms with van der Waals surface area (Å²) in [5.41, 5.74) is 0.873. The van der Waals surface area contributed by atoms with E-state index in [4.69, 9.17) is 4.74 Å². The first-order chi connectivity index (χ1) is 10.1. The topological polar surface area (TPSA) is 41.5 Å². The molecule has 0 bridgehead atoms. The summed E-state index contributed by atoms with van der Waals surface area (Å²) in [6.07, 6.45) is -0.686. The molecule has 0 amide bonds. The molecule has 1 atom stereocenters. The summed E-state index contributed by atoms with van der Waals surface area (Å²) in [5, 5.41) is 13.1. The van der Waals surface area contributed by atoms with E-state index >= 15 is 0 Å². The van der Waals surface area contributed by atoms with Crippen LogP contribution in [0.15, 0.2) is 51.4 Å². The number of hydrogen-bond acceptors (Lipinski definition) is 3. The number of nitrogens with one attached hydrogen (secondary N) is 1. The van der Waals surface area contributed by atoms with Crippen LogP contribution in [0.3, 0.4) is 0 Å². The Morgan fingerprint density at radius 3 is 2.33 bits per heavy atom. The summed E-state index contributed by atoms with van der Waals surface area (Å²) in [6, 6.07) is 11.4. The van der Waals surface area contributed by atoms with Crippen LogP contribution in [0.25, 0.3) is 0 Å². The van der Waals surface area contributed by atoms with E-state index in [1.54, 1.807) is 0 Å². The van der Waals surface area contributed by atoms with Gasteiger partial charge < -0.3 is 15.2 Å². The Balaban J connectivity index is 1.82. The zero-order chi connectivity index (χ0) is 15.2. The molecule has 21 heavy (non-hydrogen) atoms. The lowest BCUT2D eigenvalue weighted by molar-refractivity contribution is 0.117. The largest absolute Gasteiger partial charge is 0.491 e. The van der Waals surface area contributed by atoms with Crippen molar-refractivity contribution in [3.63, 3.8) is 0 Å². The molecule has 0 radical (unpaired) electrons. The van der Waals surface area contributed by atoms with Crippen molar-refractivity contribution in [2.45, 2.75) is 6.10 Å². The Labute approximate surface area is 139 Å². The van der Waals surface area contributed by atoms with E-state index in [2.05, 4.69) is 37.2 Å². The first-order valence-electron chi connectivity index (χ1n) is 6.30. The minimum absolute atomic E-state index is 0.126. The van der Waals surface area contributed by atoms with Gasteiger partial charge in [-0.15, -0.1) is 0 Å². The van der Waals surface area contributed by atoms with E-state index in [0.717, 1.165) is 14.6 Å². The van der Waals surface area contributed by atoms with Crippen LogP contribution in [0, 0.1) is 5.82 Å². The molecule has 0 heterocycles. The minimum atomic E-state index is -0.686. The third-order valence-electron chi connectivity index (χ3n) is 2.73. The molecule has 0 aliphatic heterocycles. The number of anilines is 1. The van der Waals surface area contributed by atoms with Crippen LogP contribution in [0.5, 0.6) is 5.75 Å². The van der Waals surface area contributed by atoms with Crippen molar-refractivity contribution >= 4 is 37.5 Å². The van der Waals surface area contributed by atoms with Crippen LogP contribution in [0.1, 0.15) is 0 Å². The van der Waals surface area contributed by atoms with Crippen molar-refractivity contribution < 1.29 is 14.2 Å². The van der Waals surface area contributed by atoms with Gasteiger partial charge in [0.1, 0.15) is 24.3 Å². The van der Waals surface area contributed by atoms with Gasteiger partial charge in [0.25, 0.3) is 0 Å². The Morgan fingerprint density at radius 1 is 1.10 bits per heavy atom. The van der Waals surface area contributed by atoms with Crippen LogP contribution in [0.4, 0.5) is 10.1 Å². The Kier molecular flexibility index (Phi) is 6.02. The van der Waals surface area contributed by atoms with E-state index in [0.29, 0.717) is 12.3 Å². The van der Waals surface area contributed by atoms with Gasteiger partial charge in [-0.25, -0.2) is 4.39 Å². The number of aliphatic hydroxyl groups excluding tert-OH is 1. The highest BCUT2D eigenvalue weighted by Gasteiger charge is 2.09. The van der Waals surface area contributed by atoms with Gasteiger partial charge in [0.05, 0.1) is 5.69 Å². The number of para-hydroxylation sites is 1. The fourth-order valence-corrected chi connectivity index (χ4v) is 2.95. The molecule has 0 fully saturated rings. The second-order valence-corrected chi connectivity index (χ2v) is 6.10. The average Bonchev–Trinajstić information content (AvgIpc) is 2.46. The fraction of sp³-hybridized carbons (Fsp3) is 0.200. The van der Waals surface area contributed by atoms with Gasteiger partial charge in [-0.1, -0.05) is 6.07 Å². The zero-order valence-corrected chi connectivity index (χ0v) is 14.2. The summed E-state index contributed by atoms with van der Waals surface area (Å²) in [7, 11) is 0. The smallest absolute Gasteiger partial charge is 0.123 e. The number of aliphatic hydroxyl groups is 1. The molecule has 0 saturated carbocycles. The Hall–Kier alpha value is -1.11. The Bertz CT molecular complexity index is 572. The van der Waals surface area contributed by atoms with Gasteiger partial charge in [-0.3, -0.25) is 0 Å². The van der Waals surface area contributed by atoms with Crippen molar-refractivity contribution in [1.82, 2.24) is 0 Å². The molecule has 112 valence electrons. The molecule has 0 aliphatic carbocycles. The van der Waals surface area contributed by atoms with Crippen LogP contribution in [-0.4, -0.2) is 24.4 Å². The summed E-state index contributed by atoms with van der Waals surface area (Å²) in [4.78, 5) is 0. The van der Waals surface area contributed by atoms with Gasteiger partial charge in [-0.05, 0) is 68.3 Å². The highest BCUT2D eigenvalue weighted by Crippen LogP contribution is 2.30. The van der Waals surface area contributed by atoms with Crippen molar-refractivity contribution in [2.24, 2.45) is 0 Å². The highest BCUT2D eigenvalue weighted by molar-refractivity contribution is 9.11. The van der Waals surface area contributed by atoms with Gasteiger partial charge in [0, 0.05) is 15.5 Å². The molecular formula is C15H14Br2FNO2. The maximum absolute atomic E-state index is 12.7. The predicted octanol–water partition coefficient (Wildman–Crippen LogP) is 4.20. The standard InChI is InChI=1S/C15H14Br2FNO2/c16-13-2-1-3-14(17)15(13)19-8-11(20)9-21-12-6-4-10(18)5-7-12/h1-7,11,19-20H,8-9H2. The fourth-order valence-electron chi connectivity index (χ4n) is 1.67. The maximum Gasteiger partial charge on any atom is 0.123 e. The van der Waals surface area contributed by atoms with Crippen LogP contribution < -0.4 is 10.1 Å². The lowest BCUT2D eigenvalue weighted by Gasteiger charge is -2.15. The third-order valence-corrected chi connectivity index (χ3v) is 4.05. The molecule has 0 aliphatic rings. The zero-order valence-electron chi connectivity index (χ0n) is 11.0. The van der Waals surface area contributed by atoms with Crippen molar-refractivity contribution in [3.05, 3.63) is 57.2 Å². The van der Waals surface area contributed by atoms with E-state index in [-0.39, 0.29) is 12.4 Å². The van der Waals surface area contributed by atoms with Gasteiger partial charge in [0.2, 0.25) is 0 Å². The molecular weight excluding hydrogens is 405 g/mol. The highest BCUT2D eigenvalue weighted by atomic mass is 79.9. The van der Waals surface area contributed by atoms with Crippen molar-refractivity contribution in [3.8, 4) is 5.75 Å². The van der Waals surface area contributed by atoms with Crippen LogP contribution >= 0.6 is 31.9 Å². The molecule has 2 N–H and O–H groups in total. The minimum Gasteiger partial charge on any atom is -0.491 e. The van der Waals surface area contributed by atoms with Crippen molar-refractivity contribution in [1.29, 1.82) is 0 Å². The molecule has 2 rings (SSSR count). The molecule has 2 aromatic carbocycles. The molecule has 0 saturated heterocycles. The van der Waals surface area contributed by atoms with E-state index in [1.165, 1.54) is 24.3 Å². The molecule has 0 spiro atoms. The SMILES string of the molecule is OC(CNc1c(Br)cccc1Br)COc1ccc(F)cc1.